The summed E-state index contributed by atoms with van der Waals surface area (Å²) >= 11 is 0. The number of rotatable bonds is 6. The van der Waals surface area contributed by atoms with E-state index in [9.17, 15) is 15.2 Å². The fourth-order valence-electron chi connectivity index (χ4n) is 2.10. The summed E-state index contributed by atoms with van der Waals surface area (Å²) in [5.41, 5.74) is 1.35. The molecule has 22 heavy (non-hydrogen) atoms. The van der Waals surface area contributed by atoms with Gasteiger partial charge < -0.3 is 10.0 Å². The van der Waals surface area contributed by atoms with Gasteiger partial charge in [-0.25, -0.2) is 0 Å². The molecule has 0 fully saturated rings. The standard InChI is InChI=1S/C15H14N4O3/c16-9-13-8-14(3-4-15(13)19(21)22)18(6-7-20)11-12-2-1-5-17-10-12/h1-5,8,10,20H,6-7,11H2. The number of pyridine rings is 1. The molecule has 0 radical (unpaired) electrons. The Labute approximate surface area is 127 Å². The average molecular weight is 298 g/mol. The van der Waals surface area contributed by atoms with Crippen molar-refractivity contribution in [2.24, 2.45) is 0 Å². The molecule has 0 spiro atoms. The highest BCUT2D eigenvalue weighted by Gasteiger charge is 2.16. The van der Waals surface area contributed by atoms with E-state index in [1.54, 1.807) is 18.5 Å². The second-order valence-electron chi connectivity index (χ2n) is 4.58. The summed E-state index contributed by atoms with van der Waals surface area (Å²) < 4.78 is 0. The van der Waals surface area contributed by atoms with Crippen molar-refractivity contribution in [2.75, 3.05) is 18.1 Å². The van der Waals surface area contributed by atoms with Crippen LogP contribution in [-0.2, 0) is 6.54 Å². The van der Waals surface area contributed by atoms with Crippen LogP contribution in [0.25, 0.3) is 0 Å². The number of hydrogen-bond donors (Lipinski definition) is 1. The fourth-order valence-corrected chi connectivity index (χ4v) is 2.10. The van der Waals surface area contributed by atoms with Crippen molar-refractivity contribution in [1.82, 2.24) is 4.98 Å². The molecule has 112 valence electrons. The zero-order chi connectivity index (χ0) is 15.9. The molecule has 0 aliphatic carbocycles. The van der Waals surface area contributed by atoms with Crippen molar-refractivity contribution in [2.45, 2.75) is 6.54 Å². The lowest BCUT2D eigenvalue weighted by Gasteiger charge is -2.24. The van der Waals surface area contributed by atoms with E-state index in [1.165, 1.54) is 12.1 Å². The number of aliphatic hydroxyl groups excluding tert-OH is 1. The highest BCUT2D eigenvalue weighted by molar-refractivity contribution is 5.60. The molecule has 0 bridgehead atoms. The zero-order valence-corrected chi connectivity index (χ0v) is 11.7. The van der Waals surface area contributed by atoms with Crippen LogP contribution < -0.4 is 4.90 Å². The van der Waals surface area contributed by atoms with E-state index < -0.39 is 4.92 Å². The van der Waals surface area contributed by atoms with Crippen LogP contribution in [0.2, 0.25) is 0 Å². The molecule has 0 aliphatic rings. The van der Waals surface area contributed by atoms with Gasteiger partial charge >= 0.3 is 0 Å². The van der Waals surface area contributed by atoms with E-state index in [2.05, 4.69) is 4.98 Å². The molecule has 1 aromatic carbocycles. The van der Waals surface area contributed by atoms with Crippen LogP contribution >= 0.6 is 0 Å². The highest BCUT2D eigenvalue weighted by atomic mass is 16.6. The summed E-state index contributed by atoms with van der Waals surface area (Å²) in [6.07, 6.45) is 3.38. The third-order valence-corrected chi connectivity index (χ3v) is 3.13. The van der Waals surface area contributed by atoms with E-state index >= 15 is 0 Å². The Morgan fingerprint density at radius 2 is 2.23 bits per heavy atom. The van der Waals surface area contributed by atoms with Gasteiger partial charge in [0.25, 0.3) is 5.69 Å². The number of aromatic nitrogens is 1. The summed E-state index contributed by atoms with van der Waals surface area (Å²) in [6.45, 7) is 0.758. The zero-order valence-electron chi connectivity index (χ0n) is 11.7. The van der Waals surface area contributed by atoms with Crippen molar-refractivity contribution in [3.05, 3.63) is 64.0 Å². The molecule has 7 nitrogen and oxygen atoms in total. The van der Waals surface area contributed by atoms with Gasteiger partial charge in [0.05, 0.1) is 11.5 Å². The van der Waals surface area contributed by atoms with Crippen molar-refractivity contribution in [3.63, 3.8) is 0 Å². The van der Waals surface area contributed by atoms with Crippen LogP contribution in [0.1, 0.15) is 11.1 Å². The Hall–Kier alpha value is -2.98. The van der Waals surface area contributed by atoms with Gasteiger partial charge in [-0.2, -0.15) is 5.26 Å². The van der Waals surface area contributed by atoms with E-state index in [1.807, 2.05) is 23.1 Å². The Morgan fingerprint density at radius 3 is 2.82 bits per heavy atom. The van der Waals surface area contributed by atoms with Gasteiger partial charge in [0.2, 0.25) is 0 Å². The smallest absolute Gasteiger partial charge is 0.287 e. The van der Waals surface area contributed by atoms with Crippen molar-refractivity contribution < 1.29 is 10.0 Å². The molecule has 0 aliphatic heterocycles. The monoisotopic (exact) mass is 298 g/mol. The van der Waals surface area contributed by atoms with Gasteiger partial charge in [0, 0.05) is 37.2 Å². The third-order valence-electron chi connectivity index (χ3n) is 3.13. The van der Waals surface area contributed by atoms with E-state index in [-0.39, 0.29) is 17.9 Å². The van der Waals surface area contributed by atoms with Crippen LogP contribution in [0.5, 0.6) is 0 Å². The van der Waals surface area contributed by atoms with Gasteiger partial charge in [-0.15, -0.1) is 0 Å². The number of nitrogens with zero attached hydrogens (tertiary/aromatic N) is 4. The molecule has 0 unspecified atom stereocenters. The largest absolute Gasteiger partial charge is 0.395 e. The van der Waals surface area contributed by atoms with Crippen LogP contribution in [-0.4, -0.2) is 28.2 Å². The minimum absolute atomic E-state index is 0.00312. The SMILES string of the molecule is N#Cc1cc(N(CCO)Cc2cccnc2)ccc1[N+](=O)[O-]. The lowest BCUT2D eigenvalue weighted by Crippen LogP contribution is -2.26. The van der Waals surface area contributed by atoms with Crippen molar-refractivity contribution >= 4 is 11.4 Å². The quantitative estimate of drug-likeness (QED) is 0.645. The van der Waals surface area contributed by atoms with E-state index in [0.717, 1.165) is 5.56 Å². The molecule has 0 amide bonds. The molecular formula is C15H14N4O3. The van der Waals surface area contributed by atoms with Crippen LogP contribution in [0.4, 0.5) is 11.4 Å². The number of nitro benzene ring substituents is 1. The van der Waals surface area contributed by atoms with Gasteiger partial charge in [-0.1, -0.05) is 6.07 Å². The summed E-state index contributed by atoms with van der Waals surface area (Å²) in [4.78, 5) is 16.2. The van der Waals surface area contributed by atoms with Crippen LogP contribution in [0.15, 0.2) is 42.7 Å². The number of anilines is 1. The molecule has 7 heteroatoms. The third kappa shape index (κ3) is 3.56. The summed E-state index contributed by atoms with van der Waals surface area (Å²) in [6, 6.07) is 9.88. The first-order chi connectivity index (χ1) is 10.7. The number of aliphatic hydroxyl groups is 1. The van der Waals surface area contributed by atoms with Gasteiger partial charge in [-0.05, 0) is 23.8 Å². The number of nitriles is 1. The minimum atomic E-state index is -0.584. The van der Waals surface area contributed by atoms with Crippen molar-refractivity contribution in [3.8, 4) is 6.07 Å². The predicted octanol–water partition coefficient (Wildman–Crippen LogP) is 1.86. The Kier molecular flexibility index (Phi) is 5.01. The summed E-state index contributed by atoms with van der Waals surface area (Å²) in [5, 5.41) is 29.1. The molecule has 2 aromatic rings. The van der Waals surface area contributed by atoms with Crippen LogP contribution in [0, 0.1) is 21.4 Å². The minimum Gasteiger partial charge on any atom is -0.395 e. The maximum Gasteiger partial charge on any atom is 0.287 e. The van der Waals surface area contributed by atoms with Crippen molar-refractivity contribution in [1.29, 1.82) is 5.26 Å². The molecule has 2 rings (SSSR count). The van der Waals surface area contributed by atoms with Crippen LogP contribution in [0.3, 0.4) is 0 Å². The van der Waals surface area contributed by atoms with E-state index in [4.69, 9.17) is 5.26 Å². The lowest BCUT2D eigenvalue weighted by molar-refractivity contribution is -0.385. The molecule has 1 heterocycles. The van der Waals surface area contributed by atoms with Gasteiger partial charge in [0.1, 0.15) is 11.6 Å². The van der Waals surface area contributed by atoms with Gasteiger partial charge in [-0.3, -0.25) is 15.1 Å². The topological polar surface area (TPSA) is 103 Å². The fraction of sp³-hybridized carbons (Fsp3) is 0.200. The Morgan fingerprint density at radius 1 is 1.41 bits per heavy atom. The first kappa shape index (κ1) is 15.4. The second-order valence-corrected chi connectivity index (χ2v) is 4.58. The first-order valence-corrected chi connectivity index (χ1v) is 6.59. The number of nitro groups is 1. The maximum absolute atomic E-state index is 10.9. The molecule has 0 saturated carbocycles. The summed E-state index contributed by atoms with van der Waals surface area (Å²) in [7, 11) is 0. The molecule has 0 saturated heterocycles. The average Bonchev–Trinajstić information content (AvgIpc) is 2.54. The number of benzene rings is 1. The molecule has 0 atom stereocenters. The number of hydrogen-bond acceptors (Lipinski definition) is 6. The Balaban J connectivity index is 2.32. The maximum atomic E-state index is 10.9. The molecule has 1 N–H and O–H groups in total. The lowest BCUT2D eigenvalue weighted by atomic mass is 10.1. The normalized spacial score (nSPS) is 10.0. The van der Waals surface area contributed by atoms with Gasteiger partial charge in [0.15, 0.2) is 0 Å². The Bertz CT molecular complexity index is 698. The predicted molar refractivity (Wildman–Crippen MR) is 80.2 cm³/mol. The first-order valence-electron chi connectivity index (χ1n) is 6.59. The highest BCUT2D eigenvalue weighted by Crippen LogP contribution is 2.25. The van der Waals surface area contributed by atoms with E-state index in [0.29, 0.717) is 18.8 Å². The second kappa shape index (κ2) is 7.15. The summed E-state index contributed by atoms with van der Waals surface area (Å²) in [5.74, 6) is 0. The molecule has 1 aromatic heterocycles. The molecular weight excluding hydrogens is 284 g/mol.